The predicted molar refractivity (Wildman–Crippen MR) is 77.0 cm³/mol. The number of hydrogen-bond acceptors (Lipinski definition) is 5. The van der Waals surface area contributed by atoms with E-state index in [0.717, 1.165) is 23.8 Å². The summed E-state index contributed by atoms with van der Waals surface area (Å²) in [6.45, 7) is 2.83. The van der Waals surface area contributed by atoms with Crippen LogP contribution in [-0.2, 0) is 0 Å². The molecule has 1 aromatic carbocycles. The van der Waals surface area contributed by atoms with E-state index in [2.05, 4.69) is 15.3 Å². The van der Waals surface area contributed by atoms with Crippen LogP contribution in [0.15, 0.2) is 36.7 Å². The van der Waals surface area contributed by atoms with Crippen LogP contribution < -0.4 is 15.0 Å². The summed E-state index contributed by atoms with van der Waals surface area (Å²) in [7, 11) is 3.99. The molecule has 5 nitrogen and oxygen atoms in total. The van der Waals surface area contributed by atoms with Crippen molar-refractivity contribution in [1.29, 1.82) is 0 Å². The van der Waals surface area contributed by atoms with Gasteiger partial charge in [-0.3, -0.25) is 0 Å². The van der Waals surface area contributed by atoms with Gasteiger partial charge in [0, 0.05) is 38.5 Å². The molecule has 0 aliphatic heterocycles. The number of aromatic nitrogens is 2. The SMILES string of the molecule is CCNc1cc(Oc2cccc(N(C)C)c2)ncn1. The minimum absolute atomic E-state index is 0.529. The molecule has 2 aromatic rings. The Labute approximate surface area is 113 Å². The monoisotopic (exact) mass is 258 g/mol. The van der Waals surface area contributed by atoms with Crippen molar-refractivity contribution in [2.75, 3.05) is 30.9 Å². The molecule has 0 spiro atoms. The molecule has 0 amide bonds. The molecule has 1 aromatic heterocycles. The van der Waals surface area contributed by atoms with E-state index in [-0.39, 0.29) is 0 Å². The first-order chi connectivity index (χ1) is 9.19. The molecule has 0 unspecified atom stereocenters. The Bertz CT molecular complexity index is 542. The Morgan fingerprint density at radius 3 is 2.79 bits per heavy atom. The predicted octanol–water partition coefficient (Wildman–Crippen LogP) is 2.77. The second-order valence-electron chi connectivity index (χ2n) is 4.27. The summed E-state index contributed by atoms with van der Waals surface area (Å²) in [6, 6.07) is 9.64. The largest absolute Gasteiger partial charge is 0.439 e. The molecule has 0 radical (unpaired) electrons. The standard InChI is InChI=1S/C14H18N4O/c1-4-15-13-9-14(17-10-16-13)19-12-7-5-6-11(8-12)18(2)3/h5-10H,4H2,1-3H3,(H,15,16,17). The van der Waals surface area contributed by atoms with E-state index in [1.165, 1.54) is 6.33 Å². The Morgan fingerprint density at radius 1 is 1.21 bits per heavy atom. The van der Waals surface area contributed by atoms with Gasteiger partial charge in [0.05, 0.1) is 0 Å². The maximum atomic E-state index is 5.74. The molecule has 100 valence electrons. The molecule has 0 fully saturated rings. The topological polar surface area (TPSA) is 50.3 Å². The van der Waals surface area contributed by atoms with Crippen molar-refractivity contribution in [2.45, 2.75) is 6.92 Å². The van der Waals surface area contributed by atoms with Crippen molar-refractivity contribution in [1.82, 2.24) is 9.97 Å². The zero-order valence-corrected chi connectivity index (χ0v) is 11.4. The quantitative estimate of drug-likeness (QED) is 0.893. The molecule has 19 heavy (non-hydrogen) atoms. The maximum Gasteiger partial charge on any atom is 0.224 e. The lowest BCUT2D eigenvalue weighted by Crippen LogP contribution is -2.08. The zero-order valence-electron chi connectivity index (χ0n) is 11.4. The van der Waals surface area contributed by atoms with Crippen LogP contribution in [-0.4, -0.2) is 30.6 Å². The van der Waals surface area contributed by atoms with Crippen molar-refractivity contribution in [2.24, 2.45) is 0 Å². The van der Waals surface area contributed by atoms with Crippen LogP contribution >= 0.6 is 0 Å². The molecule has 1 heterocycles. The van der Waals surface area contributed by atoms with Gasteiger partial charge in [-0.1, -0.05) is 6.07 Å². The lowest BCUT2D eigenvalue weighted by molar-refractivity contribution is 0.462. The Hall–Kier alpha value is -2.30. The van der Waals surface area contributed by atoms with Crippen LogP contribution in [0, 0.1) is 0 Å². The van der Waals surface area contributed by atoms with Gasteiger partial charge in [-0.05, 0) is 19.1 Å². The molecular formula is C14H18N4O. The van der Waals surface area contributed by atoms with Gasteiger partial charge < -0.3 is 15.0 Å². The van der Waals surface area contributed by atoms with Gasteiger partial charge in [-0.2, -0.15) is 0 Å². The van der Waals surface area contributed by atoms with Crippen LogP contribution in [0.1, 0.15) is 6.92 Å². The molecule has 0 aliphatic rings. The van der Waals surface area contributed by atoms with Crippen LogP contribution in [0.3, 0.4) is 0 Å². The fraction of sp³-hybridized carbons (Fsp3) is 0.286. The van der Waals surface area contributed by atoms with Gasteiger partial charge in [0.15, 0.2) is 0 Å². The van der Waals surface area contributed by atoms with Crippen LogP contribution in [0.2, 0.25) is 0 Å². The van der Waals surface area contributed by atoms with Crippen molar-refractivity contribution in [3.63, 3.8) is 0 Å². The van der Waals surface area contributed by atoms with E-state index in [1.807, 2.05) is 50.2 Å². The number of nitrogens with zero attached hydrogens (tertiary/aromatic N) is 3. The highest BCUT2D eigenvalue weighted by molar-refractivity contribution is 5.50. The highest BCUT2D eigenvalue weighted by Crippen LogP contribution is 2.24. The van der Waals surface area contributed by atoms with Crippen LogP contribution in [0.25, 0.3) is 0 Å². The average molecular weight is 258 g/mol. The Morgan fingerprint density at radius 2 is 2.05 bits per heavy atom. The van der Waals surface area contributed by atoms with Gasteiger partial charge in [-0.15, -0.1) is 0 Å². The van der Waals surface area contributed by atoms with Crippen LogP contribution in [0.4, 0.5) is 11.5 Å². The fourth-order valence-corrected chi connectivity index (χ4v) is 1.62. The number of benzene rings is 1. The summed E-state index contributed by atoms with van der Waals surface area (Å²) >= 11 is 0. The van der Waals surface area contributed by atoms with E-state index in [4.69, 9.17) is 4.74 Å². The second-order valence-corrected chi connectivity index (χ2v) is 4.27. The van der Waals surface area contributed by atoms with Gasteiger partial charge in [0.1, 0.15) is 17.9 Å². The average Bonchev–Trinajstić information content (AvgIpc) is 2.40. The lowest BCUT2D eigenvalue weighted by atomic mass is 10.3. The van der Waals surface area contributed by atoms with E-state index in [9.17, 15) is 0 Å². The molecule has 0 atom stereocenters. The van der Waals surface area contributed by atoms with Crippen molar-refractivity contribution >= 4 is 11.5 Å². The molecule has 5 heteroatoms. The zero-order chi connectivity index (χ0) is 13.7. The van der Waals surface area contributed by atoms with Crippen molar-refractivity contribution in [3.05, 3.63) is 36.7 Å². The third-order valence-electron chi connectivity index (χ3n) is 2.56. The summed E-state index contributed by atoms with van der Waals surface area (Å²) in [6.07, 6.45) is 1.49. The van der Waals surface area contributed by atoms with E-state index in [1.54, 1.807) is 6.07 Å². The Balaban J connectivity index is 2.16. The third-order valence-corrected chi connectivity index (χ3v) is 2.56. The van der Waals surface area contributed by atoms with E-state index < -0.39 is 0 Å². The first-order valence-corrected chi connectivity index (χ1v) is 6.20. The number of ether oxygens (including phenoxy) is 1. The summed E-state index contributed by atoms with van der Waals surface area (Å²) in [5.74, 6) is 2.05. The highest BCUT2D eigenvalue weighted by atomic mass is 16.5. The van der Waals surface area contributed by atoms with Crippen LogP contribution in [0.5, 0.6) is 11.6 Å². The molecule has 2 rings (SSSR count). The normalized spacial score (nSPS) is 10.1. The minimum Gasteiger partial charge on any atom is -0.439 e. The van der Waals surface area contributed by atoms with Gasteiger partial charge >= 0.3 is 0 Å². The number of nitrogens with one attached hydrogen (secondary N) is 1. The smallest absolute Gasteiger partial charge is 0.224 e. The molecule has 0 bridgehead atoms. The van der Waals surface area contributed by atoms with Gasteiger partial charge in [-0.25, -0.2) is 9.97 Å². The summed E-state index contributed by atoms with van der Waals surface area (Å²) in [4.78, 5) is 10.2. The Kier molecular flexibility index (Phi) is 4.18. The molecule has 1 N–H and O–H groups in total. The molecule has 0 saturated heterocycles. The maximum absolute atomic E-state index is 5.74. The molecule has 0 saturated carbocycles. The second kappa shape index (κ2) is 6.04. The van der Waals surface area contributed by atoms with Gasteiger partial charge in [0.25, 0.3) is 0 Å². The molecular weight excluding hydrogens is 240 g/mol. The fourth-order valence-electron chi connectivity index (χ4n) is 1.62. The van der Waals surface area contributed by atoms with E-state index in [0.29, 0.717) is 5.88 Å². The lowest BCUT2D eigenvalue weighted by Gasteiger charge is -2.13. The number of rotatable bonds is 5. The highest BCUT2D eigenvalue weighted by Gasteiger charge is 2.03. The van der Waals surface area contributed by atoms with Crippen molar-refractivity contribution < 1.29 is 4.74 Å². The third kappa shape index (κ3) is 3.58. The number of hydrogen-bond donors (Lipinski definition) is 1. The number of anilines is 2. The summed E-state index contributed by atoms with van der Waals surface area (Å²) in [5, 5.41) is 3.12. The van der Waals surface area contributed by atoms with E-state index >= 15 is 0 Å². The summed E-state index contributed by atoms with van der Waals surface area (Å²) in [5.41, 5.74) is 1.08. The van der Waals surface area contributed by atoms with Gasteiger partial charge in [0.2, 0.25) is 5.88 Å². The summed E-state index contributed by atoms with van der Waals surface area (Å²) < 4.78 is 5.74. The first-order valence-electron chi connectivity index (χ1n) is 6.20. The molecule has 0 aliphatic carbocycles. The minimum atomic E-state index is 0.529. The first kappa shape index (κ1) is 13.1. The van der Waals surface area contributed by atoms with Crippen molar-refractivity contribution in [3.8, 4) is 11.6 Å².